The van der Waals surface area contributed by atoms with Crippen molar-refractivity contribution in [2.75, 3.05) is 35.5 Å². The number of fused-ring (bicyclic) bond motifs is 4. The molecule has 0 atom stereocenters. The number of nitrogens with zero attached hydrogens (tertiary/aromatic N) is 1. The summed E-state index contributed by atoms with van der Waals surface area (Å²) < 4.78 is 55.4. The Morgan fingerprint density at radius 2 is 1.32 bits per heavy atom. The van der Waals surface area contributed by atoms with Crippen molar-refractivity contribution in [3.63, 3.8) is 0 Å². The van der Waals surface area contributed by atoms with Crippen molar-refractivity contribution in [2.45, 2.75) is 19.8 Å². The van der Waals surface area contributed by atoms with E-state index in [0.717, 1.165) is 48.5 Å². The van der Waals surface area contributed by atoms with Gasteiger partial charge >= 0.3 is 0 Å². The van der Waals surface area contributed by atoms with Crippen molar-refractivity contribution >= 4 is 21.3 Å². The van der Waals surface area contributed by atoms with Gasteiger partial charge in [-0.15, -0.1) is 0 Å². The lowest BCUT2D eigenvalue weighted by molar-refractivity contribution is -0.634. The van der Waals surface area contributed by atoms with Crippen LogP contribution in [0.3, 0.4) is 0 Å². The van der Waals surface area contributed by atoms with E-state index in [-0.39, 0.29) is 0 Å². The largest absolute Gasteiger partial charge is 0.726 e. The molecule has 2 aromatic carbocycles. The van der Waals surface area contributed by atoms with Gasteiger partial charge in [-0.25, -0.2) is 8.42 Å². The molecule has 34 heavy (non-hydrogen) atoms. The highest BCUT2D eigenvalue weighted by molar-refractivity contribution is 7.80. The molecule has 0 radical (unpaired) electrons. The quantitative estimate of drug-likeness (QED) is 0.305. The zero-order valence-corrected chi connectivity index (χ0v) is 21.2. The van der Waals surface area contributed by atoms with Crippen molar-refractivity contribution in [3.05, 3.63) is 41.0 Å². The summed E-state index contributed by atoms with van der Waals surface area (Å²) in [5.41, 5.74) is 7.45. The first kappa shape index (κ1) is 25.5. The van der Waals surface area contributed by atoms with Crippen molar-refractivity contribution in [1.29, 1.82) is 0 Å². The molecule has 0 bridgehead atoms. The Kier molecular flexibility index (Phi) is 7.54. The molecule has 0 saturated heterocycles. The Bertz CT molecular complexity index is 1340. The number of methoxy groups -OCH3 is 4. The van der Waals surface area contributed by atoms with Gasteiger partial charge in [-0.3, -0.25) is 4.18 Å². The van der Waals surface area contributed by atoms with Gasteiger partial charge in [-0.1, -0.05) is 0 Å². The lowest BCUT2D eigenvalue weighted by Crippen LogP contribution is -2.35. The monoisotopic (exact) mass is 491 g/mol. The Labute approximate surface area is 199 Å². The highest BCUT2D eigenvalue weighted by atomic mass is 32.3. The summed E-state index contributed by atoms with van der Waals surface area (Å²) in [6, 6.07) is 8.33. The van der Waals surface area contributed by atoms with Gasteiger partial charge in [-0.2, -0.15) is 4.57 Å². The fraction of sp³-hybridized carbons (Fsp3) is 0.375. The molecule has 0 saturated carbocycles. The first-order valence-corrected chi connectivity index (χ1v) is 11.8. The number of pyridine rings is 1. The number of aryl methyl sites for hydroxylation is 3. The number of hydrogen-bond donors (Lipinski definition) is 0. The zero-order valence-electron chi connectivity index (χ0n) is 20.3. The molecule has 0 aliphatic heterocycles. The maximum absolute atomic E-state index is 9.22. The Hall–Kier alpha value is -3.08. The average molecular weight is 492 g/mol. The van der Waals surface area contributed by atoms with Gasteiger partial charge in [0.1, 0.15) is 7.05 Å². The number of aromatic nitrogens is 1. The molecule has 4 rings (SSSR count). The molecular weight excluding hydrogens is 462 g/mol. The molecule has 0 spiro atoms. The molecule has 184 valence electrons. The molecule has 1 aliphatic rings. The molecule has 10 heteroatoms. The molecule has 9 nitrogen and oxygen atoms in total. The lowest BCUT2D eigenvalue weighted by Gasteiger charge is -2.22. The predicted octanol–water partition coefficient (Wildman–Crippen LogP) is 2.87. The highest BCUT2D eigenvalue weighted by Crippen LogP contribution is 2.42. The van der Waals surface area contributed by atoms with Gasteiger partial charge in [0.05, 0.1) is 52.6 Å². The van der Waals surface area contributed by atoms with Crippen LogP contribution in [0.1, 0.15) is 16.7 Å². The van der Waals surface area contributed by atoms with Gasteiger partial charge in [-0.05, 0) is 49.1 Å². The van der Waals surface area contributed by atoms with Crippen LogP contribution in [-0.4, -0.2) is 48.5 Å². The molecule has 0 N–H and O–H groups in total. The van der Waals surface area contributed by atoms with Crippen LogP contribution >= 0.6 is 0 Å². The van der Waals surface area contributed by atoms with E-state index in [9.17, 15) is 13.0 Å². The number of benzene rings is 2. The second-order valence-corrected chi connectivity index (χ2v) is 8.82. The van der Waals surface area contributed by atoms with Crippen molar-refractivity contribution in [2.24, 2.45) is 7.05 Å². The SMILES string of the molecule is COS(=O)(=O)[O-].COc1cc2c(cc1OC)-c1c(c(C)c3cc(OC)c(OC)cc3[n+]1C)CC2. The van der Waals surface area contributed by atoms with Gasteiger partial charge in [0.2, 0.25) is 21.6 Å². The first-order chi connectivity index (χ1) is 16.1. The number of hydrogen-bond acceptors (Lipinski definition) is 8. The Balaban J connectivity index is 0.000000481. The summed E-state index contributed by atoms with van der Waals surface area (Å²) >= 11 is 0. The highest BCUT2D eigenvalue weighted by Gasteiger charge is 2.31. The topological polar surface area (TPSA) is 107 Å². The summed E-state index contributed by atoms with van der Waals surface area (Å²) in [5, 5.41) is 1.18. The minimum atomic E-state index is -4.41. The van der Waals surface area contributed by atoms with Gasteiger partial charge in [0.15, 0.2) is 23.0 Å². The van der Waals surface area contributed by atoms with Crippen LogP contribution in [0.25, 0.3) is 22.2 Å². The third-order valence-corrected chi connectivity index (χ3v) is 6.46. The number of ether oxygens (including phenoxy) is 4. The van der Waals surface area contributed by atoms with Crippen LogP contribution in [0.4, 0.5) is 0 Å². The van der Waals surface area contributed by atoms with E-state index in [4.69, 9.17) is 18.9 Å². The predicted molar refractivity (Wildman–Crippen MR) is 126 cm³/mol. The summed E-state index contributed by atoms with van der Waals surface area (Å²) in [6.07, 6.45) is 1.96. The van der Waals surface area contributed by atoms with Crippen molar-refractivity contribution < 1.29 is 40.7 Å². The smallest absolute Gasteiger partial charge is 0.217 e. The van der Waals surface area contributed by atoms with E-state index < -0.39 is 10.4 Å². The van der Waals surface area contributed by atoms with E-state index in [1.807, 2.05) is 0 Å². The molecule has 0 fully saturated rings. The number of rotatable bonds is 5. The van der Waals surface area contributed by atoms with Crippen LogP contribution in [0.2, 0.25) is 0 Å². The Morgan fingerprint density at radius 1 is 0.824 bits per heavy atom. The summed E-state index contributed by atoms with van der Waals surface area (Å²) in [6.45, 7) is 2.19. The minimum absolute atomic E-state index is 0.730. The second kappa shape index (κ2) is 10.0. The van der Waals surface area contributed by atoms with Gasteiger partial charge in [0.25, 0.3) is 0 Å². The molecule has 1 heterocycles. The molecule has 0 amide bonds. The first-order valence-electron chi connectivity index (χ1n) is 10.4. The maximum Gasteiger partial charge on any atom is 0.217 e. The van der Waals surface area contributed by atoms with Gasteiger partial charge < -0.3 is 23.5 Å². The Morgan fingerprint density at radius 3 is 1.85 bits per heavy atom. The third-order valence-electron chi connectivity index (χ3n) is 6.05. The molecule has 1 aliphatic carbocycles. The van der Waals surface area contributed by atoms with Crippen molar-refractivity contribution in [3.8, 4) is 34.3 Å². The van der Waals surface area contributed by atoms with Crippen molar-refractivity contribution in [1.82, 2.24) is 0 Å². The lowest BCUT2D eigenvalue weighted by atomic mass is 9.85. The molecular formula is C24H29NO8S. The fourth-order valence-corrected chi connectivity index (χ4v) is 4.37. The second-order valence-electron chi connectivity index (χ2n) is 7.67. The molecule has 3 aromatic rings. The summed E-state index contributed by atoms with van der Waals surface area (Å²) in [5.74, 6) is 3.00. The van der Waals surface area contributed by atoms with Crippen LogP contribution in [0, 0.1) is 6.92 Å². The zero-order chi connectivity index (χ0) is 25.2. The normalized spacial score (nSPS) is 12.2. The third kappa shape index (κ3) is 4.75. The van der Waals surface area contributed by atoms with E-state index in [1.54, 1.807) is 28.4 Å². The van der Waals surface area contributed by atoms with Gasteiger partial charge in [0, 0.05) is 5.56 Å². The summed E-state index contributed by atoms with van der Waals surface area (Å²) in [7, 11) is 5.20. The average Bonchev–Trinajstić information content (AvgIpc) is 2.84. The molecule has 1 aromatic heterocycles. The van der Waals surface area contributed by atoms with Crippen LogP contribution in [0.5, 0.6) is 23.0 Å². The fourth-order valence-electron chi connectivity index (χ4n) is 4.37. The minimum Gasteiger partial charge on any atom is -0.726 e. The van der Waals surface area contributed by atoms with Crippen LogP contribution in [-0.2, 0) is 34.5 Å². The van der Waals surface area contributed by atoms with Crippen LogP contribution < -0.4 is 23.5 Å². The maximum atomic E-state index is 9.22. The standard InChI is InChI=1S/C23H26NO4.CH4O4S/c1-13-15-8-7-14-9-19(25-3)21(27-5)11-17(14)23(15)24(2)18-12-22(28-6)20(26-4)10-16(13)18;1-5-6(2,3)4/h9-12H,7-8H2,1-6H3;1H3,(H,2,3,4)/q+1;/p-1. The van der Waals surface area contributed by atoms with E-state index in [0.29, 0.717) is 0 Å². The summed E-state index contributed by atoms with van der Waals surface area (Å²) in [4.78, 5) is 0. The molecule has 0 unspecified atom stereocenters. The van der Waals surface area contributed by atoms with E-state index in [2.05, 4.69) is 47.0 Å². The van der Waals surface area contributed by atoms with E-state index in [1.165, 1.54) is 33.3 Å². The van der Waals surface area contributed by atoms with E-state index >= 15 is 0 Å². The van der Waals surface area contributed by atoms with Crippen LogP contribution in [0.15, 0.2) is 24.3 Å².